The number of amides is 2. The number of guanidine groups is 1. The molecule has 0 spiro atoms. The molecule has 0 aromatic rings. The van der Waals surface area contributed by atoms with E-state index in [9.17, 15) is 9.59 Å². The molecule has 1 rings (SSSR count). The van der Waals surface area contributed by atoms with Crippen LogP contribution in [0, 0.1) is 0 Å². The van der Waals surface area contributed by atoms with Gasteiger partial charge in [0.1, 0.15) is 6.54 Å². The smallest absolute Gasteiger partial charge is 0.243 e. The fourth-order valence-corrected chi connectivity index (χ4v) is 1.81. The summed E-state index contributed by atoms with van der Waals surface area (Å²) in [6.45, 7) is 4.84. The molecule has 2 atom stereocenters. The second kappa shape index (κ2) is 10.6. The Morgan fingerprint density at radius 2 is 2.18 bits per heavy atom. The molecule has 0 bridgehead atoms. The Hall–Kier alpha value is -1.06. The van der Waals surface area contributed by atoms with Crippen molar-refractivity contribution in [3.8, 4) is 0 Å². The first-order valence-corrected chi connectivity index (χ1v) is 7.46. The highest BCUT2D eigenvalue weighted by molar-refractivity contribution is 14.0. The van der Waals surface area contributed by atoms with Crippen LogP contribution in [0.25, 0.3) is 0 Å². The van der Waals surface area contributed by atoms with Crippen molar-refractivity contribution in [2.24, 2.45) is 4.99 Å². The SMILES string of the molecule is CCC(C)NC(=NCC(=O)N(C)C)NC1CCC(=O)NC1.I. The Balaban J connectivity index is 0.00000441. The van der Waals surface area contributed by atoms with E-state index >= 15 is 0 Å². The van der Waals surface area contributed by atoms with Gasteiger partial charge in [-0.05, 0) is 19.8 Å². The van der Waals surface area contributed by atoms with Crippen LogP contribution in [0.1, 0.15) is 33.1 Å². The van der Waals surface area contributed by atoms with E-state index in [1.807, 2.05) is 0 Å². The number of carbonyl (C=O) groups excluding carboxylic acids is 2. The van der Waals surface area contributed by atoms with Crippen LogP contribution >= 0.6 is 24.0 Å². The lowest BCUT2D eigenvalue weighted by Gasteiger charge is -2.26. The third-order valence-electron chi connectivity index (χ3n) is 3.47. The monoisotopic (exact) mass is 425 g/mol. The first kappa shape index (κ1) is 20.9. The van der Waals surface area contributed by atoms with Gasteiger partial charge in [0.25, 0.3) is 0 Å². The van der Waals surface area contributed by atoms with Crippen LogP contribution in [-0.4, -0.2) is 61.9 Å². The van der Waals surface area contributed by atoms with Gasteiger partial charge in [0, 0.05) is 39.1 Å². The molecule has 22 heavy (non-hydrogen) atoms. The maximum Gasteiger partial charge on any atom is 0.243 e. The summed E-state index contributed by atoms with van der Waals surface area (Å²) >= 11 is 0. The van der Waals surface area contributed by atoms with Gasteiger partial charge < -0.3 is 20.9 Å². The van der Waals surface area contributed by atoms with Crippen LogP contribution in [0.5, 0.6) is 0 Å². The van der Waals surface area contributed by atoms with E-state index in [1.165, 1.54) is 4.90 Å². The summed E-state index contributed by atoms with van der Waals surface area (Å²) in [7, 11) is 3.42. The standard InChI is InChI=1S/C14H27N5O2.HI/c1-5-10(2)17-14(16-9-13(21)19(3)4)18-11-6-7-12(20)15-8-11;/h10-11H,5-9H2,1-4H3,(H,15,20)(H2,16,17,18);1H. The van der Waals surface area contributed by atoms with Crippen LogP contribution in [0.3, 0.4) is 0 Å². The van der Waals surface area contributed by atoms with Crippen LogP contribution < -0.4 is 16.0 Å². The number of likely N-dealkylation sites (N-methyl/N-ethyl adjacent to an activating group) is 1. The first-order valence-electron chi connectivity index (χ1n) is 7.46. The Bertz CT molecular complexity index is 391. The maximum absolute atomic E-state index is 11.6. The van der Waals surface area contributed by atoms with Crippen LogP contribution in [0.15, 0.2) is 4.99 Å². The summed E-state index contributed by atoms with van der Waals surface area (Å²) < 4.78 is 0. The van der Waals surface area contributed by atoms with Crippen molar-refractivity contribution in [2.75, 3.05) is 27.2 Å². The summed E-state index contributed by atoms with van der Waals surface area (Å²) in [5.41, 5.74) is 0. The molecule has 2 unspecified atom stereocenters. The second-order valence-corrected chi connectivity index (χ2v) is 5.59. The van der Waals surface area contributed by atoms with Crippen molar-refractivity contribution in [2.45, 2.75) is 45.2 Å². The zero-order valence-electron chi connectivity index (χ0n) is 13.8. The van der Waals surface area contributed by atoms with Gasteiger partial charge in [-0.15, -0.1) is 24.0 Å². The van der Waals surface area contributed by atoms with Crippen molar-refractivity contribution in [1.82, 2.24) is 20.9 Å². The minimum atomic E-state index is -0.0443. The number of aliphatic imine (C=N–C) groups is 1. The van der Waals surface area contributed by atoms with Crippen LogP contribution in [-0.2, 0) is 9.59 Å². The molecule has 1 aliphatic rings. The number of piperidine rings is 1. The predicted molar refractivity (Wildman–Crippen MR) is 98.5 cm³/mol. The Morgan fingerprint density at radius 1 is 1.50 bits per heavy atom. The van der Waals surface area contributed by atoms with Gasteiger partial charge >= 0.3 is 0 Å². The molecule has 7 nitrogen and oxygen atoms in total. The molecule has 1 aliphatic heterocycles. The lowest BCUT2D eigenvalue weighted by atomic mass is 10.1. The van der Waals surface area contributed by atoms with Gasteiger partial charge in [-0.25, -0.2) is 4.99 Å². The lowest BCUT2D eigenvalue weighted by Crippen LogP contribution is -2.52. The number of nitrogens with one attached hydrogen (secondary N) is 3. The summed E-state index contributed by atoms with van der Waals surface area (Å²) in [6, 6.07) is 0.413. The number of halogens is 1. The molecule has 1 fully saturated rings. The van der Waals surface area contributed by atoms with E-state index in [4.69, 9.17) is 0 Å². The van der Waals surface area contributed by atoms with Crippen LogP contribution in [0.4, 0.5) is 0 Å². The van der Waals surface area contributed by atoms with Gasteiger partial charge in [-0.1, -0.05) is 6.92 Å². The number of nitrogens with zero attached hydrogens (tertiary/aromatic N) is 2. The number of rotatable bonds is 5. The highest BCUT2D eigenvalue weighted by Crippen LogP contribution is 2.02. The lowest BCUT2D eigenvalue weighted by molar-refractivity contribution is -0.127. The molecule has 8 heteroatoms. The molecule has 3 N–H and O–H groups in total. The van der Waals surface area contributed by atoms with Gasteiger partial charge in [0.05, 0.1) is 0 Å². The number of hydrogen-bond acceptors (Lipinski definition) is 3. The van der Waals surface area contributed by atoms with Crippen molar-refractivity contribution < 1.29 is 9.59 Å². The molecule has 2 amide bonds. The third kappa shape index (κ3) is 7.81. The molecule has 0 saturated carbocycles. The largest absolute Gasteiger partial charge is 0.354 e. The molecule has 1 saturated heterocycles. The van der Waals surface area contributed by atoms with E-state index in [-0.39, 0.29) is 54.4 Å². The fourth-order valence-electron chi connectivity index (χ4n) is 1.81. The number of carbonyl (C=O) groups is 2. The average Bonchev–Trinajstić information content (AvgIpc) is 2.46. The maximum atomic E-state index is 11.6. The zero-order chi connectivity index (χ0) is 15.8. The minimum Gasteiger partial charge on any atom is -0.354 e. The van der Waals surface area contributed by atoms with Gasteiger partial charge in [-0.2, -0.15) is 0 Å². The minimum absolute atomic E-state index is 0. The summed E-state index contributed by atoms with van der Waals surface area (Å²) in [5.74, 6) is 0.669. The molecule has 128 valence electrons. The van der Waals surface area contributed by atoms with Crippen molar-refractivity contribution >= 4 is 41.8 Å². The molecule has 0 aromatic carbocycles. The van der Waals surface area contributed by atoms with E-state index in [0.717, 1.165) is 12.8 Å². The van der Waals surface area contributed by atoms with Crippen molar-refractivity contribution in [3.05, 3.63) is 0 Å². The normalized spacial score (nSPS) is 19.5. The molecule has 0 radical (unpaired) electrons. The zero-order valence-corrected chi connectivity index (χ0v) is 16.1. The summed E-state index contributed by atoms with van der Waals surface area (Å²) in [5, 5.41) is 9.39. The van der Waals surface area contributed by atoms with Gasteiger partial charge in [0.2, 0.25) is 11.8 Å². The predicted octanol–water partition coefficient (Wildman–Crippen LogP) is 0.305. The van der Waals surface area contributed by atoms with E-state index in [0.29, 0.717) is 18.9 Å². The van der Waals surface area contributed by atoms with Crippen molar-refractivity contribution in [3.63, 3.8) is 0 Å². The van der Waals surface area contributed by atoms with E-state index < -0.39 is 0 Å². The molecular weight excluding hydrogens is 397 g/mol. The van der Waals surface area contributed by atoms with Gasteiger partial charge in [-0.3, -0.25) is 9.59 Å². The fraction of sp³-hybridized carbons (Fsp3) is 0.786. The van der Waals surface area contributed by atoms with E-state index in [2.05, 4.69) is 34.8 Å². The van der Waals surface area contributed by atoms with Crippen molar-refractivity contribution in [1.29, 1.82) is 0 Å². The Labute approximate surface area is 149 Å². The van der Waals surface area contributed by atoms with Crippen LogP contribution in [0.2, 0.25) is 0 Å². The highest BCUT2D eigenvalue weighted by atomic mass is 127. The summed E-state index contributed by atoms with van der Waals surface area (Å²) in [6.07, 6.45) is 2.25. The molecular formula is C14H28IN5O2. The Morgan fingerprint density at radius 3 is 2.68 bits per heavy atom. The van der Waals surface area contributed by atoms with Gasteiger partial charge in [0.15, 0.2) is 5.96 Å². The topological polar surface area (TPSA) is 85.8 Å². The summed E-state index contributed by atoms with van der Waals surface area (Å²) in [4.78, 5) is 28.7. The molecule has 0 aromatic heterocycles. The quantitative estimate of drug-likeness (QED) is 0.336. The highest BCUT2D eigenvalue weighted by Gasteiger charge is 2.19. The number of hydrogen-bond donors (Lipinski definition) is 3. The third-order valence-corrected chi connectivity index (χ3v) is 3.47. The molecule has 0 aliphatic carbocycles. The first-order chi connectivity index (χ1) is 9.92. The molecule has 1 heterocycles. The Kier molecular flexibility index (Phi) is 10.1. The average molecular weight is 425 g/mol. The van der Waals surface area contributed by atoms with E-state index in [1.54, 1.807) is 14.1 Å². The second-order valence-electron chi connectivity index (χ2n) is 5.59.